The van der Waals surface area contributed by atoms with Crippen molar-refractivity contribution in [1.29, 1.82) is 0 Å². The van der Waals surface area contributed by atoms with Gasteiger partial charge in [-0.15, -0.1) is 23.1 Å². The molecule has 0 bridgehead atoms. The van der Waals surface area contributed by atoms with Gasteiger partial charge in [0, 0.05) is 10.9 Å². The first-order valence-electron chi connectivity index (χ1n) is 9.62. The van der Waals surface area contributed by atoms with Crippen LogP contribution in [0.15, 0.2) is 4.79 Å². The fourth-order valence-corrected chi connectivity index (χ4v) is 5.33. The maximum absolute atomic E-state index is 12.5. The predicted octanol–water partition coefficient (Wildman–Crippen LogP) is 2.31. The number of esters is 1. The highest BCUT2D eigenvalue weighted by Gasteiger charge is 2.24. The molecule has 0 saturated heterocycles. The molecule has 28 heavy (non-hydrogen) atoms. The minimum atomic E-state index is -0.453. The number of aromatic nitrogens is 2. The minimum absolute atomic E-state index is 0.0908. The Balaban J connectivity index is 1.34. The second kappa shape index (κ2) is 8.24. The van der Waals surface area contributed by atoms with E-state index in [0.717, 1.165) is 42.3 Å². The number of thiophene rings is 1. The maximum Gasteiger partial charge on any atom is 0.319 e. The number of hydrogen-bond donors (Lipinski definition) is 2. The summed E-state index contributed by atoms with van der Waals surface area (Å²) in [6, 6.07) is 0.249. The van der Waals surface area contributed by atoms with E-state index in [1.165, 1.54) is 28.6 Å². The summed E-state index contributed by atoms with van der Waals surface area (Å²) >= 11 is 2.95. The lowest BCUT2D eigenvalue weighted by Gasteiger charge is -2.11. The van der Waals surface area contributed by atoms with Gasteiger partial charge in [-0.25, -0.2) is 4.98 Å². The van der Waals surface area contributed by atoms with E-state index in [4.69, 9.17) is 4.74 Å². The molecule has 1 saturated carbocycles. The van der Waals surface area contributed by atoms with Crippen LogP contribution < -0.4 is 10.9 Å². The van der Waals surface area contributed by atoms with Crippen molar-refractivity contribution in [3.63, 3.8) is 0 Å². The third kappa shape index (κ3) is 4.41. The molecule has 2 aromatic heterocycles. The number of nitrogens with zero attached hydrogens (tertiary/aromatic N) is 1. The monoisotopic (exact) mass is 421 g/mol. The Hall–Kier alpha value is -1.87. The van der Waals surface area contributed by atoms with Gasteiger partial charge in [0.15, 0.2) is 6.61 Å². The van der Waals surface area contributed by atoms with Gasteiger partial charge in [-0.3, -0.25) is 14.4 Å². The molecular formula is C19H23N3O4S2. The number of carbonyl (C=O) groups is 2. The van der Waals surface area contributed by atoms with Crippen molar-refractivity contribution in [3.05, 3.63) is 26.6 Å². The molecule has 2 aliphatic carbocycles. The van der Waals surface area contributed by atoms with E-state index in [9.17, 15) is 14.4 Å². The third-order valence-corrected chi connectivity index (χ3v) is 7.28. The zero-order chi connectivity index (χ0) is 19.7. The van der Waals surface area contributed by atoms with Crippen molar-refractivity contribution in [2.45, 2.75) is 62.5 Å². The van der Waals surface area contributed by atoms with Crippen LogP contribution in [0, 0.1) is 0 Å². The first kappa shape index (κ1) is 19.4. The van der Waals surface area contributed by atoms with Gasteiger partial charge in [0.05, 0.1) is 11.1 Å². The van der Waals surface area contributed by atoms with Crippen LogP contribution in [0.4, 0.5) is 0 Å². The van der Waals surface area contributed by atoms with Gasteiger partial charge in [0.1, 0.15) is 15.9 Å². The van der Waals surface area contributed by atoms with E-state index in [1.807, 2.05) is 0 Å². The third-order valence-electron chi connectivity index (χ3n) is 4.96. The molecule has 1 atom stereocenters. The first-order valence-corrected chi connectivity index (χ1v) is 11.5. The molecule has 150 valence electrons. The molecule has 1 amide bonds. The zero-order valence-corrected chi connectivity index (χ0v) is 17.3. The van der Waals surface area contributed by atoms with Gasteiger partial charge < -0.3 is 15.0 Å². The average Bonchev–Trinajstić information content (AvgIpc) is 3.40. The van der Waals surface area contributed by atoms with E-state index >= 15 is 0 Å². The van der Waals surface area contributed by atoms with Gasteiger partial charge in [-0.05, 0) is 51.0 Å². The van der Waals surface area contributed by atoms with Crippen molar-refractivity contribution in [2.75, 3.05) is 6.61 Å². The van der Waals surface area contributed by atoms with Crippen molar-refractivity contribution in [3.8, 4) is 0 Å². The molecular weight excluding hydrogens is 398 g/mol. The average molecular weight is 422 g/mol. The standard InChI is InChI=1S/C19H23N3O4S2/c1-10(19(25)26-8-15(23)20-11-6-7-11)27-9-14-21-17(24)16-12-4-2-3-5-13(12)28-18(16)22-14/h10-11H,2-9H2,1H3,(H,20,23)(H,21,22,24)/t10-/m1/s1. The highest BCUT2D eigenvalue weighted by atomic mass is 32.2. The summed E-state index contributed by atoms with van der Waals surface area (Å²) in [5.41, 5.74) is 1.08. The number of hydrogen-bond acceptors (Lipinski definition) is 7. The summed E-state index contributed by atoms with van der Waals surface area (Å²) in [7, 11) is 0. The van der Waals surface area contributed by atoms with E-state index in [-0.39, 0.29) is 24.1 Å². The summed E-state index contributed by atoms with van der Waals surface area (Å²) in [5, 5.41) is 3.06. The van der Waals surface area contributed by atoms with E-state index in [0.29, 0.717) is 11.6 Å². The Morgan fingerprint density at radius 2 is 2.14 bits per heavy atom. The van der Waals surface area contributed by atoms with Crippen LogP contribution in [-0.4, -0.2) is 39.7 Å². The number of H-pyrrole nitrogens is 1. The number of ether oxygens (including phenoxy) is 1. The summed E-state index contributed by atoms with van der Waals surface area (Å²) in [4.78, 5) is 45.8. The van der Waals surface area contributed by atoms with Crippen LogP contribution in [0.5, 0.6) is 0 Å². The first-order chi connectivity index (χ1) is 13.5. The maximum atomic E-state index is 12.5. The number of fused-ring (bicyclic) bond motifs is 3. The molecule has 0 spiro atoms. The zero-order valence-electron chi connectivity index (χ0n) is 15.7. The Morgan fingerprint density at radius 1 is 1.36 bits per heavy atom. The Bertz CT molecular complexity index is 964. The number of thioether (sulfide) groups is 1. The molecule has 0 aliphatic heterocycles. The van der Waals surface area contributed by atoms with Crippen LogP contribution in [0.3, 0.4) is 0 Å². The normalized spacial score (nSPS) is 17.2. The van der Waals surface area contributed by atoms with E-state index < -0.39 is 11.2 Å². The van der Waals surface area contributed by atoms with Crippen LogP contribution in [0.25, 0.3) is 10.2 Å². The van der Waals surface area contributed by atoms with Gasteiger partial charge >= 0.3 is 5.97 Å². The molecule has 0 unspecified atom stereocenters. The van der Waals surface area contributed by atoms with Crippen LogP contribution in [0.2, 0.25) is 0 Å². The molecule has 0 aromatic carbocycles. The minimum Gasteiger partial charge on any atom is -0.455 e. The van der Waals surface area contributed by atoms with Gasteiger partial charge in [-0.1, -0.05) is 0 Å². The Kier molecular flexibility index (Phi) is 5.73. The highest BCUT2D eigenvalue weighted by Crippen LogP contribution is 2.33. The second-order valence-corrected chi connectivity index (χ2v) is 9.72. The number of amides is 1. The number of carbonyl (C=O) groups excluding carboxylic acids is 2. The number of nitrogens with one attached hydrogen (secondary N) is 2. The molecule has 2 aromatic rings. The van der Waals surface area contributed by atoms with Crippen molar-refractivity contribution < 1.29 is 14.3 Å². The molecule has 2 aliphatic rings. The molecule has 4 rings (SSSR count). The van der Waals surface area contributed by atoms with Crippen molar-refractivity contribution in [1.82, 2.24) is 15.3 Å². The quantitative estimate of drug-likeness (QED) is 0.666. The smallest absolute Gasteiger partial charge is 0.319 e. The fourth-order valence-electron chi connectivity index (χ4n) is 3.30. The molecule has 2 heterocycles. The number of rotatable bonds is 7. The lowest BCUT2D eigenvalue weighted by Crippen LogP contribution is -2.31. The molecule has 2 N–H and O–H groups in total. The second-order valence-electron chi connectivity index (χ2n) is 7.31. The lowest BCUT2D eigenvalue weighted by molar-refractivity contribution is -0.147. The molecule has 1 fully saturated rings. The molecule has 9 heteroatoms. The van der Waals surface area contributed by atoms with Gasteiger partial charge in [-0.2, -0.15) is 0 Å². The summed E-state index contributed by atoms with van der Waals surface area (Å²) in [6.45, 7) is 1.48. The van der Waals surface area contributed by atoms with E-state index in [1.54, 1.807) is 18.3 Å². The summed E-state index contributed by atoms with van der Waals surface area (Å²) in [5.74, 6) is 0.266. The Morgan fingerprint density at radius 3 is 2.93 bits per heavy atom. The SMILES string of the molecule is C[C@@H](SCc1nc2sc3c(c2c(=O)[nH]1)CCCC3)C(=O)OCC(=O)NC1CC1. The van der Waals surface area contributed by atoms with Gasteiger partial charge in [0.25, 0.3) is 11.5 Å². The number of aryl methyl sites for hydroxylation is 2. The lowest BCUT2D eigenvalue weighted by atomic mass is 9.97. The number of aromatic amines is 1. The van der Waals surface area contributed by atoms with Crippen LogP contribution in [0.1, 0.15) is 48.9 Å². The predicted molar refractivity (Wildman–Crippen MR) is 110 cm³/mol. The molecule has 0 radical (unpaired) electrons. The fraction of sp³-hybridized carbons (Fsp3) is 0.579. The molecule has 7 nitrogen and oxygen atoms in total. The van der Waals surface area contributed by atoms with Crippen LogP contribution in [-0.2, 0) is 32.9 Å². The highest BCUT2D eigenvalue weighted by molar-refractivity contribution is 7.99. The van der Waals surface area contributed by atoms with Crippen molar-refractivity contribution in [2.24, 2.45) is 0 Å². The largest absolute Gasteiger partial charge is 0.455 e. The van der Waals surface area contributed by atoms with Crippen molar-refractivity contribution >= 4 is 45.2 Å². The van der Waals surface area contributed by atoms with Gasteiger partial charge in [0.2, 0.25) is 0 Å². The topological polar surface area (TPSA) is 101 Å². The summed E-state index contributed by atoms with van der Waals surface area (Å²) < 4.78 is 5.07. The van der Waals surface area contributed by atoms with E-state index in [2.05, 4.69) is 15.3 Å². The summed E-state index contributed by atoms with van der Waals surface area (Å²) in [6.07, 6.45) is 6.25. The Labute approximate surface area is 170 Å². The van der Waals surface area contributed by atoms with Crippen LogP contribution >= 0.6 is 23.1 Å².